The number of carbonyl (C=O) groups is 2. The molecule has 9 heteroatoms. The summed E-state index contributed by atoms with van der Waals surface area (Å²) in [5.74, 6) is -3.38. The van der Waals surface area contributed by atoms with Gasteiger partial charge in [0.1, 0.15) is 6.61 Å². The van der Waals surface area contributed by atoms with Crippen molar-refractivity contribution in [3.63, 3.8) is 0 Å². The van der Waals surface area contributed by atoms with Crippen LogP contribution in [0.5, 0.6) is 0 Å². The zero-order chi connectivity index (χ0) is 16.6. The van der Waals surface area contributed by atoms with Gasteiger partial charge in [0.05, 0.1) is 0 Å². The number of alkyl carbamates (subject to hydrolysis) is 1. The van der Waals surface area contributed by atoms with Crippen molar-refractivity contribution in [3.05, 3.63) is 23.8 Å². The minimum Gasteiger partial charge on any atom is -0.479 e. The Morgan fingerprint density at radius 3 is 2.64 bits per heavy atom. The van der Waals surface area contributed by atoms with Gasteiger partial charge in [-0.1, -0.05) is 18.2 Å². The lowest BCUT2D eigenvalue weighted by Gasteiger charge is -2.21. The van der Waals surface area contributed by atoms with E-state index in [2.05, 4.69) is 9.05 Å². The highest BCUT2D eigenvalue weighted by atomic mass is 31.2. The third kappa shape index (κ3) is 5.29. The number of allylic oxidation sites excluding steroid dienone is 2. The number of ether oxygens (including phenoxy) is 1. The summed E-state index contributed by atoms with van der Waals surface area (Å²) in [6.07, 6.45) is 7.62. The van der Waals surface area contributed by atoms with Gasteiger partial charge in [-0.3, -0.25) is 9.88 Å². The first-order valence-corrected chi connectivity index (χ1v) is 8.27. The Morgan fingerprint density at radius 1 is 1.36 bits per heavy atom. The van der Waals surface area contributed by atoms with Crippen LogP contribution in [0, 0.1) is 0 Å². The number of carboxylic acid groups (broad SMARTS) is 1. The topological polar surface area (TPSA) is 111 Å². The van der Waals surface area contributed by atoms with E-state index < -0.39 is 25.4 Å². The fourth-order valence-electron chi connectivity index (χ4n) is 1.80. The van der Waals surface area contributed by atoms with Crippen LogP contribution in [-0.4, -0.2) is 43.8 Å². The molecule has 1 atom stereocenters. The maximum atomic E-state index is 12.1. The highest BCUT2D eigenvalue weighted by Crippen LogP contribution is 2.50. The third-order valence-corrected chi connectivity index (χ3v) is 5.00. The van der Waals surface area contributed by atoms with Gasteiger partial charge in [-0.25, -0.2) is 9.59 Å². The van der Waals surface area contributed by atoms with E-state index in [1.54, 1.807) is 0 Å². The molecule has 1 rings (SSSR count). The lowest BCUT2D eigenvalue weighted by Crippen LogP contribution is -2.41. The third-order valence-electron chi connectivity index (χ3n) is 3.00. The van der Waals surface area contributed by atoms with E-state index in [1.807, 2.05) is 23.5 Å². The number of hydrogen-bond acceptors (Lipinski definition) is 6. The van der Waals surface area contributed by atoms with Crippen molar-refractivity contribution in [1.29, 1.82) is 0 Å². The van der Waals surface area contributed by atoms with E-state index in [0.29, 0.717) is 0 Å². The number of aliphatic carboxylic acids is 1. The summed E-state index contributed by atoms with van der Waals surface area (Å²) < 4.78 is 26.2. The fraction of sp³-hybridized carbons (Fsp3) is 0.538. The van der Waals surface area contributed by atoms with Crippen LogP contribution >= 0.6 is 7.60 Å². The summed E-state index contributed by atoms with van der Waals surface area (Å²) in [4.78, 5) is 22.8. The monoisotopic (exact) mass is 333 g/mol. The SMILES string of the molecule is COP(=O)(OC)C(NC(=O)OCC1=CCCCC=C1)C(=O)O. The molecule has 0 spiro atoms. The minimum absolute atomic E-state index is 0.00105. The molecule has 1 aliphatic carbocycles. The van der Waals surface area contributed by atoms with Crippen molar-refractivity contribution in [2.75, 3.05) is 20.8 Å². The van der Waals surface area contributed by atoms with Gasteiger partial charge < -0.3 is 18.9 Å². The molecule has 22 heavy (non-hydrogen) atoms. The Kier molecular flexibility index (Phi) is 7.31. The van der Waals surface area contributed by atoms with E-state index >= 15 is 0 Å². The molecule has 0 aromatic rings. The van der Waals surface area contributed by atoms with Crippen molar-refractivity contribution >= 4 is 19.7 Å². The van der Waals surface area contributed by atoms with Crippen LogP contribution in [0.25, 0.3) is 0 Å². The molecule has 1 amide bonds. The first-order valence-electron chi connectivity index (χ1n) is 6.66. The van der Waals surface area contributed by atoms with Crippen LogP contribution < -0.4 is 5.32 Å². The molecule has 1 unspecified atom stereocenters. The quantitative estimate of drug-likeness (QED) is 0.687. The Hall–Kier alpha value is -1.63. The molecule has 0 saturated carbocycles. The van der Waals surface area contributed by atoms with Crippen molar-refractivity contribution in [2.45, 2.75) is 25.0 Å². The zero-order valence-electron chi connectivity index (χ0n) is 12.5. The Morgan fingerprint density at radius 2 is 2.05 bits per heavy atom. The molecule has 0 heterocycles. The number of nitrogens with one attached hydrogen (secondary N) is 1. The summed E-state index contributed by atoms with van der Waals surface area (Å²) in [5, 5.41) is 11.0. The molecule has 0 aromatic heterocycles. The van der Waals surface area contributed by atoms with Gasteiger partial charge in [0.25, 0.3) is 0 Å². The lowest BCUT2D eigenvalue weighted by atomic mass is 10.2. The van der Waals surface area contributed by atoms with Crippen LogP contribution in [-0.2, 0) is 23.1 Å². The predicted molar refractivity (Wildman–Crippen MR) is 78.6 cm³/mol. The molecule has 124 valence electrons. The first kappa shape index (κ1) is 18.4. The summed E-state index contributed by atoms with van der Waals surface area (Å²) in [6.45, 7) is -0.00105. The second-order valence-electron chi connectivity index (χ2n) is 4.48. The molecule has 0 bridgehead atoms. The average Bonchev–Trinajstić information content (AvgIpc) is 2.78. The van der Waals surface area contributed by atoms with E-state index in [-0.39, 0.29) is 6.61 Å². The second-order valence-corrected chi connectivity index (χ2v) is 6.80. The molecule has 0 aliphatic heterocycles. The number of rotatable bonds is 7. The normalized spacial score (nSPS) is 16.4. The molecule has 0 saturated heterocycles. The molecule has 0 fully saturated rings. The van der Waals surface area contributed by atoms with E-state index in [1.165, 1.54) is 0 Å². The fourth-order valence-corrected chi connectivity index (χ4v) is 2.90. The van der Waals surface area contributed by atoms with Crippen LogP contribution in [0.1, 0.15) is 19.3 Å². The molecule has 2 N–H and O–H groups in total. The number of hydrogen-bond donors (Lipinski definition) is 2. The molecule has 0 aromatic carbocycles. The molecular formula is C13H20NO7P. The van der Waals surface area contributed by atoms with Crippen molar-refractivity contribution in [3.8, 4) is 0 Å². The lowest BCUT2D eigenvalue weighted by molar-refractivity contribution is -0.137. The zero-order valence-corrected chi connectivity index (χ0v) is 13.4. The van der Waals surface area contributed by atoms with Crippen LogP contribution in [0.3, 0.4) is 0 Å². The van der Waals surface area contributed by atoms with Gasteiger partial charge in [-0.15, -0.1) is 0 Å². The van der Waals surface area contributed by atoms with Gasteiger partial charge in [0.15, 0.2) is 0 Å². The van der Waals surface area contributed by atoms with E-state index in [9.17, 15) is 14.2 Å². The molecule has 0 radical (unpaired) electrons. The molecule has 1 aliphatic rings. The van der Waals surface area contributed by atoms with Crippen molar-refractivity contribution in [1.82, 2.24) is 5.32 Å². The second kappa shape index (κ2) is 8.73. The molecular weight excluding hydrogens is 313 g/mol. The average molecular weight is 333 g/mol. The van der Waals surface area contributed by atoms with Gasteiger partial charge in [0, 0.05) is 14.2 Å². The van der Waals surface area contributed by atoms with Gasteiger partial charge in [-0.05, 0) is 24.8 Å². The minimum atomic E-state index is -4.00. The first-order chi connectivity index (χ1) is 10.4. The Labute approximate surface area is 128 Å². The Balaban J connectivity index is 2.62. The maximum absolute atomic E-state index is 12.1. The molecule has 8 nitrogen and oxygen atoms in total. The smallest absolute Gasteiger partial charge is 0.408 e. The summed E-state index contributed by atoms with van der Waals surface area (Å²) >= 11 is 0. The number of amides is 1. The van der Waals surface area contributed by atoms with Gasteiger partial charge >= 0.3 is 19.7 Å². The van der Waals surface area contributed by atoms with Crippen LogP contribution in [0.2, 0.25) is 0 Å². The van der Waals surface area contributed by atoms with Crippen molar-refractivity contribution in [2.24, 2.45) is 0 Å². The van der Waals surface area contributed by atoms with Gasteiger partial charge in [-0.2, -0.15) is 0 Å². The summed E-state index contributed by atoms with van der Waals surface area (Å²) in [7, 11) is -1.93. The number of carbonyl (C=O) groups excluding carboxylic acids is 1. The Bertz CT molecular complexity index is 507. The standard InChI is InChI=1S/C13H20NO7P/c1-19-22(18,20-2)11(12(15)16)14-13(17)21-9-10-7-5-3-4-6-8-10/h5,7-8,11H,3-4,6,9H2,1-2H3,(H,14,17)(H,15,16). The highest BCUT2D eigenvalue weighted by Gasteiger charge is 2.41. The summed E-state index contributed by atoms with van der Waals surface area (Å²) in [6, 6.07) is 0. The summed E-state index contributed by atoms with van der Waals surface area (Å²) in [5.41, 5.74) is 0.821. The largest absolute Gasteiger partial charge is 0.479 e. The van der Waals surface area contributed by atoms with Crippen LogP contribution in [0.15, 0.2) is 23.8 Å². The highest BCUT2D eigenvalue weighted by molar-refractivity contribution is 7.55. The van der Waals surface area contributed by atoms with Gasteiger partial charge in [0.2, 0.25) is 5.78 Å². The van der Waals surface area contributed by atoms with E-state index in [0.717, 1.165) is 39.1 Å². The number of carboxylic acids is 1. The van der Waals surface area contributed by atoms with E-state index in [4.69, 9.17) is 9.84 Å². The predicted octanol–water partition coefficient (Wildman–Crippen LogP) is 2.28. The maximum Gasteiger partial charge on any atom is 0.408 e. The van der Waals surface area contributed by atoms with Crippen molar-refractivity contribution < 1.29 is 33.0 Å². The van der Waals surface area contributed by atoms with Crippen LogP contribution in [0.4, 0.5) is 4.79 Å².